The molecule has 5 heteroatoms. The Morgan fingerprint density at radius 1 is 1.22 bits per heavy atom. The Morgan fingerprint density at radius 3 is 2.74 bits per heavy atom. The van der Waals surface area contributed by atoms with Gasteiger partial charge in [0.05, 0.1) is 4.88 Å². The Hall–Kier alpha value is -2.40. The molecule has 0 radical (unpaired) electrons. The van der Waals surface area contributed by atoms with E-state index < -0.39 is 0 Å². The van der Waals surface area contributed by atoms with Crippen molar-refractivity contribution in [3.05, 3.63) is 65.2 Å². The van der Waals surface area contributed by atoms with Gasteiger partial charge in [-0.2, -0.15) is 0 Å². The number of amides is 1. The minimum atomic E-state index is -0.0880. The summed E-state index contributed by atoms with van der Waals surface area (Å²) in [5.74, 6) is 0.553. The number of hydrogen-bond acceptors (Lipinski definition) is 4. The van der Waals surface area contributed by atoms with Gasteiger partial charge in [-0.25, -0.2) is 0 Å². The Bertz CT molecular complexity index is 750. The fourth-order valence-corrected chi connectivity index (χ4v) is 3.06. The van der Waals surface area contributed by atoms with Gasteiger partial charge in [0, 0.05) is 19.2 Å². The predicted octanol–water partition coefficient (Wildman–Crippen LogP) is 4.11. The molecule has 0 fully saturated rings. The molecule has 0 saturated carbocycles. The molecule has 0 N–H and O–H groups in total. The molecular formula is C18H18N2O2S. The summed E-state index contributed by atoms with van der Waals surface area (Å²) >= 11 is 1.56. The smallest absolute Gasteiger partial charge is 0.276 e. The van der Waals surface area contributed by atoms with Crippen molar-refractivity contribution >= 4 is 17.2 Å². The monoisotopic (exact) mass is 326 g/mol. The summed E-state index contributed by atoms with van der Waals surface area (Å²) in [6, 6.07) is 15.8. The summed E-state index contributed by atoms with van der Waals surface area (Å²) in [4.78, 5) is 15.4. The minimum Gasteiger partial charge on any atom is -0.355 e. The SMILES string of the molecule is CCN(CCc1ccccc1)C(=O)c1cc(-c2cccs2)on1. The lowest BCUT2D eigenvalue weighted by Gasteiger charge is -2.19. The predicted molar refractivity (Wildman–Crippen MR) is 91.5 cm³/mol. The fraction of sp³-hybridized carbons (Fsp3) is 0.222. The summed E-state index contributed by atoms with van der Waals surface area (Å²) in [6.45, 7) is 3.29. The Labute approximate surface area is 139 Å². The minimum absolute atomic E-state index is 0.0880. The third-order valence-electron chi connectivity index (χ3n) is 3.68. The second-order valence-corrected chi connectivity index (χ2v) is 6.12. The van der Waals surface area contributed by atoms with Crippen molar-refractivity contribution in [2.24, 2.45) is 0 Å². The first kappa shape index (κ1) is 15.5. The van der Waals surface area contributed by atoms with Crippen molar-refractivity contribution in [1.82, 2.24) is 10.1 Å². The zero-order chi connectivity index (χ0) is 16.1. The summed E-state index contributed by atoms with van der Waals surface area (Å²) < 4.78 is 5.30. The molecule has 0 aliphatic carbocycles. The van der Waals surface area contributed by atoms with Crippen LogP contribution in [0.2, 0.25) is 0 Å². The molecule has 1 amide bonds. The molecule has 1 aromatic carbocycles. The van der Waals surface area contributed by atoms with Crippen molar-refractivity contribution in [3.63, 3.8) is 0 Å². The van der Waals surface area contributed by atoms with Crippen LogP contribution in [0.4, 0.5) is 0 Å². The van der Waals surface area contributed by atoms with Crippen LogP contribution in [0.25, 0.3) is 10.6 Å². The van der Waals surface area contributed by atoms with Crippen LogP contribution >= 0.6 is 11.3 Å². The van der Waals surface area contributed by atoms with Crippen LogP contribution < -0.4 is 0 Å². The lowest BCUT2D eigenvalue weighted by atomic mass is 10.1. The molecule has 0 aliphatic heterocycles. The van der Waals surface area contributed by atoms with Gasteiger partial charge in [0.1, 0.15) is 0 Å². The molecule has 118 valence electrons. The zero-order valence-electron chi connectivity index (χ0n) is 12.9. The van der Waals surface area contributed by atoms with E-state index in [4.69, 9.17) is 4.52 Å². The average molecular weight is 326 g/mol. The van der Waals surface area contributed by atoms with Gasteiger partial charge in [0.15, 0.2) is 11.5 Å². The lowest BCUT2D eigenvalue weighted by Crippen LogP contribution is -2.32. The van der Waals surface area contributed by atoms with Crippen molar-refractivity contribution in [2.75, 3.05) is 13.1 Å². The first-order chi connectivity index (χ1) is 11.3. The second-order valence-electron chi connectivity index (χ2n) is 5.17. The molecule has 3 aromatic rings. The normalized spacial score (nSPS) is 10.7. The number of carbonyl (C=O) groups excluding carboxylic acids is 1. The number of benzene rings is 1. The molecule has 0 aliphatic rings. The van der Waals surface area contributed by atoms with Crippen LogP contribution in [-0.4, -0.2) is 29.1 Å². The number of hydrogen-bond donors (Lipinski definition) is 0. The first-order valence-electron chi connectivity index (χ1n) is 7.61. The number of carbonyl (C=O) groups is 1. The zero-order valence-corrected chi connectivity index (χ0v) is 13.8. The number of aromatic nitrogens is 1. The van der Waals surface area contributed by atoms with E-state index >= 15 is 0 Å². The molecule has 2 aromatic heterocycles. The van der Waals surface area contributed by atoms with E-state index in [1.807, 2.05) is 42.6 Å². The van der Waals surface area contributed by atoms with Gasteiger partial charge in [0.25, 0.3) is 5.91 Å². The molecule has 23 heavy (non-hydrogen) atoms. The van der Waals surface area contributed by atoms with Crippen LogP contribution in [0.3, 0.4) is 0 Å². The molecule has 2 heterocycles. The molecule has 0 atom stereocenters. The third kappa shape index (κ3) is 3.68. The van der Waals surface area contributed by atoms with Gasteiger partial charge in [-0.3, -0.25) is 4.79 Å². The van der Waals surface area contributed by atoms with Gasteiger partial charge in [-0.15, -0.1) is 11.3 Å². The van der Waals surface area contributed by atoms with Crippen LogP contribution in [-0.2, 0) is 6.42 Å². The highest BCUT2D eigenvalue weighted by molar-refractivity contribution is 7.13. The van der Waals surface area contributed by atoms with Gasteiger partial charge < -0.3 is 9.42 Å². The maximum absolute atomic E-state index is 12.6. The molecule has 0 unspecified atom stereocenters. The van der Waals surface area contributed by atoms with Gasteiger partial charge in [-0.1, -0.05) is 41.6 Å². The van der Waals surface area contributed by atoms with E-state index in [0.29, 0.717) is 24.5 Å². The molecule has 0 saturated heterocycles. The van der Waals surface area contributed by atoms with Crippen molar-refractivity contribution < 1.29 is 9.32 Å². The largest absolute Gasteiger partial charge is 0.355 e. The summed E-state index contributed by atoms with van der Waals surface area (Å²) in [6.07, 6.45) is 0.829. The summed E-state index contributed by atoms with van der Waals surface area (Å²) in [5, 5.41) is 5.91. The van der Waals surface area contributed by atoms with Crippen molar-refractivity contribution in [2.45, 2.75) is 13.3 Å². The number of nitrogens with zero attached hydrogens (tertiary/aromatic N) is 2. The van der Waals surface area contributed by atoms with Gasteiger partial charge >= 0.3 is 0 Å². The van der Waals surface area contributed by atoms with E-state index in [9.17, 15) is 4.79 Å². The van der Waals surface area contributed by atoms with Crippen LogP contribution in [0.15, 0.2) is 58.4 Å². The second kappa shape index (κ2) is 7.24. The lowest BCUT2D eigenvalue weighted by molar-refractivity contribution is 0.0756. The molecular weight excluding hydrogens is 308 g/mol. The Kier molecular flexibility index (Phi) is 4.88. The highest BCUT2D eigenvalue weighted by Crippen LogP contribution is 2.25. The topological polar surface area (TPSA) is 46.3 Å². The first-order valence-corrected chi connectivity index (χ1v) is 8.49. The standard InChI is InChI=1S/C18H18N2O2S/c1-2-20(11-10-14-7-4-3-5-8-14)18(21)15-13-16(22-19-15)17-9-6-12-23-17/h3-9,12-13H,2,10-11H2,1H3. The van der Waals surface area contributed by atoms with E-state index in [-0.39, 0.29) is 5.91 Å². The number of rotatable bonds is 6. The number of thiophene rings is 1. The van der Waals surface area contributed by atoms with Gasteiger partial charge in [-0.05, 0) is 30.4 Å². The van der Waals surface area contributed by atoms with Crippen LogP contribution in [0.1, 0.15) is 23.0 Å². The number of likely N-dealkylation sites (N-methyl/N-ethyl adjacent to an activating group) is 1. The van der Waals surface area contributed by atoms with Crippen LogP contribution in [0.5, 0.6) is 0 Å². The molecule has 4 nitrogen and oxygen atoms in total. The molecule has 3 rings (SSSR count). The maximum Gasteiger partial charge on any atom is 0.276 e. The maximum atomic E-state index is 12.6. The third-order valence-corrected chi connectivity index (χ3v) is 4.56. The Balaban J connectivity index is 1.67. The van der Waals surface area contributed by atoms with Gasteiger partial charge in [0.2, 0.25) is 0 Å². The Morgan fingerprint density at radius 2 is 2.04 bits per heavy atom. The van der Waals surface area contributed by atoms with Crippen LogP contribution in [0, 0.1) is 0 Å². The van der Waals surface area contributed by atoms with E-state index in [0.717, 1.165) is 11.3 Å². The van der Waals surface area contributed by atoms with Crippen molar-refractivity contribution in [3.8, 4) is 10.6 Å². The van der Waals surface area contributed by atoms with Crippen molar-refractivity contribution in [1.29, 1.82) is 0 Å². The molecule has 0 bridgehead atoms. The average Bonchev–Trinajstić information content (AvgIpc) is 3.27. The highest BCUT2D eigenvalue weighted by Gasteiger charge is 2.19. The highest BCUT2D eigenvalue weighted by atomic mass is 32.1. The van der Waals surface area contributed by atoms with E-state index in [1.54, 1.807) is 22.3 Å². The summed E-state index contributed by atoms with van der Waals surface area (Å²) in [7, 11) is 0. The van der Waals surface area contributed by atoms with E-state index in [2.05, 4.69) is 17.3 Å². The fourth-order valence-electron chi connectivity index (χ4n) is 2.38. The molecule has 0 spiro atoms. The quantitative estimate of drug-likeness (QED) is 0.685. The van der Waals surface area contributed by atoms with E-state index in [1.165, 1.54) is 5.56 Å². The summed E-state index contributed by atoms with van der Waals surface area (Å²) in [5.41, 5.74) is 1.58.